The third-order valence-electron chi connectivity index (χ3n) is 8.17. The van der Waals surface area contributed by atoms with Crippen molar-refractivity contribution in [1.82, 2.24) is 29.9 Å². The molecule has 4 aromatic rings. The number of carbonyl (C=O) groups is 1. The fourth-order valence-electron chi connectivity index (χ4n) is 5.86. The van der Waals surface area contributed by atoms with Crippen LogP contribution in [0.3, 0.4) is 0 Å². The van der Waals surface area contributed by atoms with Gasteiger partial charge in [-0.2, -0.15) is 10.1 Å². The maximum Gasteiger partial charge on any atom is 0.255 e. The number of fused-ring (bicyclic) bond motifs is 2. The zero-order valence-electron chi connectivity index (χ0n) is 21.7. The fourth-order valence-corrected chi connectivity index (χ4v) is 5.86. The summed E-state index contributed by atoms with van der Waals surface area (Å²) in [5, 5.41) is 11.5. The Morgan fingerprint density at radius 2 is 2.03 bits per heavy atom. The number of methoxy groups -OCH3 is 1. The van der Waals surface area contributed by atoms with Crippen LogP contribution in [0.4, 0.5) is 10.3 Å². The van der Waals surface area contributed by atoms with Gasteiger partial charge in [0, 0.05) is 42.7 Å². The summed E-state index contributed by atoms with van der Waals surface area (Å²) in [7, 11) is 1.74. The van der Waals surface area contributed by atoms with Crippen molar-refractivity contribution >= 4 is 28.4 Å². The van der Waals surface area contributed by atoms with Gasteiger partial charge in [-0.15, -0.1) is 0 Å². The van der Waals surface area contributed by atoms with Crippen LogP contribution in [-0.4, -0.2) is 61.9 Å². The minimum absolute atomic E-state index is 0.111. The van der Waals surface area contributed by atoms with Crippen molar-refractivity contribution in [2.24, 2.45) is 0 Å². The molecule has 10 heteroatoms. The van der Waals surface area contributed by atoms with Crippen molar-refractivity contribution in [3.8, 4) is 11.1 Å². The Kier molecular flexibility index (Phi) is 6.73. The first-order chi connectivity index (χ1) is 18.5. The van der Waals surface area contributed by atoms with Crippen LogP contribution < -0.4 is 10.6 Å². The van der Waals surface area contributed by atoms with E-state index in [-0.39, 0.29) is 24.6 Å². The lowest BCUT2D eigenvalue weighted by atomic mass is 9.86. The number of ether oxygens (including phenoxy) is 1. The van der Waals surface area contributed by atoms with E-state index in [4.69, 9.17) is 4.74 Å². The van der Waals surface area contributed by atoms with Gasteiger partial charge >= 0.3 is 0 Å². The molecule has 0 atom stereocenters. The Labute approximate surface area is 220 Å². The van der Waals surface area contributed by atoms with E-state index in [2.05, 4.69) is 30.7 Å². The van der Waals surface area contributed by atoms with Crippen molar-refractivity contribution in [3.63, 3.8) is 0 Å². The number of hydrogen-bond donors (Lipinski definition) is 3. The molecule has 0 bridgehead atoms. The second-order valence-electron chi connectivity index (χ2n) is 10.7. The SMILES string of the molecule is COC1CCC(NC(=O)c2cnn3ccc(-c4c[nH]c5nc(NCC6(F)CCCCC6)ncc45)cc23)CC1. The van der Waals surface area contributed by atoms with E-state index in [1.807, 2.05) is 24.5 Å². The van der Waals surface area contributed by atoms with E-state index in [0.717, 1.165) is 67.0 Å². The Morgan fingerprint density at radius 3 is 2.82 bits per heavy atom. The highest BCUT2D eigenvalue weighted by Crippen LogP contribution is 2.33. The molecule has 2 fully saturated rings. The molecule has 0 saturated heterocycles. The Hall–Kier alpha value is -3.53. The first-order valence-electron chi connectivity index (χ1n) is 13.6. The number of nitrogens with one attached hydrogen (secondary N) is 3. The number of anilines is 1. The molecule has 2 aliphatic rings. The number of hydrogen-bond acceptors (Lipinski definition) is 6. The van der Waals surface area contributed by atoms with Crippen LogP contribution in [0.25, 0.3) is 27.7 Å². The standard InChI is InChI=1S/C28H34FN7O2/c1-38-20-7-5-19(6-8-20)34-26(37)23-16-33-36-12-9-18(13-24(23)36)21-14-30-25-22(21)15-31-27(35-25)32-17-28(29)10-3-2-4-11-28/h9,12-16,19-20H,2-8,10-11,17H2,1H3,(H,34,37)(H2,30,31,32,35). The molecule has 0 aliphatic heterocycles. The molecular formula is C28H34FN7O2. The lowest BCUT2D eigenvalue weighted by Gasteiger charge is -2.29. The number of nitrogens with zero attached hydrogens (tertiary/aromatic N) is 4. The van der Waals surface area contributed by atoms with Gasteiger partial charge in [-0.3, -0.25) is 4.79 Å². The summed E-state index contributed by atoms with van der Waals surface area (Å²) in [6.45, 7) is 0.225. The van der Waals surface area contributed by atoms with Gasteiger partial charge in [0.25, 0.3) is 5.91 Å². The Balaban J connectivity index is 1.20. The lowest BCUT2D eigenvalue weighted by Crippen LogP contribution is -2.38. The molecule has 9 nitrogen and oxygen atoms in total. The molecule has 4 aromatic heterocycles. The number of alkyl halides is 1. The number of carbonyl (C=O) groups excluding carboxylic acids is 1. The van der Waals surface area contributed by atoms with Crippen molar-refractivity contribution in [3.05, 3.63) is 42.5 Å². The average molecular weight is 520 g/mol. The molecule has 4 heterocycles. The zero-order chi connectivity index (χ0) is 26.1. The maximum atomic E-state index is 15.0. The van der Waals surface area contributed by atoms with Crippen LogP contribution in [0.15, 0.2) is 36.9 Å². The molecule has 200 valence electrons. The van der Waals surface area contributed by atoms with Crippen LogP contribution in [0, 0.1) is 0 Å². The largest absolute Gasteiger partial charge is 0.381 e. The van der Waals surface area contributed by atoms with Gasteiger partial charge in [-0.1, -0.05) is 19.3 Å². The van der Waals surface area contributed by atoms with Crippen molar-refractivity contribution in [2.45, 2.75) is 75.6 Å². The molecule has 3 N–H and O–H groups in total. The zero-order valence-corrected chi connectivity index (χ0v) is 21.7. The number of H-pyrrole nitrogens is 1. The number of amides is 1. The van der Waals surface area contributed by atoms with Gasteiger partial charge in [0.1, 0.15) is 11.3 Å². The molecule has 0 spiro atoms. The van der Waals surface area contributed by atoms with Gasteiger partial charge in [0.05, 0.1) is 29.9 Å². The number of pyridine rings is 1. The minimum Gasteiger partial charge on any atom is -0.381 e. The number of aromatic nitrogens is 5. The third-order valence-corrected chi connectivity index (χ3v) is 8.17. The normalized spacial score (nSPS) is 21.5. The summed E-state index contributed by atoms with van der Waals surface area (Å²) in [6, 6.07) is 4.07. The van der Waals surface area contributed by atoms with Crippen molar-refractivity contribution in [1.29, 1.82) is 0 Å². The maximum absolute atomic E-state index is 15.0. The van der Waals surface area contributed by atoms with Gasteiger partial charge in [-0.05, 0) is 56.2 Å². The number of halogens is 1. The van der Waals surface area contributed by atoms with E-state index in [9.17, 15) is 9.18 Å². The van der Waals surface area contributed by atoms with E-state index >= 15 is 0 Å². The molecule has 2 aliphatic carbocycles. The predicted octanol–water partition coefficient (Wildman–Crippen LogP) is 5.04. The van der Waals surface area contributed by atoms with Gasteiger partial charge in [0.2, 0.25) is 5.95 Å². The summed E-state index contributed by atoms with van der Waals surface area (Å²) in [6.07, 6.45) is 15.3. The lowest BCUT2D eigenvalue weighted by molar-refractivity contribution is 0.0599. The molecular weight excluding hydrogens is 485 g/mol. The van der Waals surface area contributed by atoms with Crippen LogP contribution in [0.5, 0.6) is 0 Å². The van der Waals surface area contributed by atoms with Gasteiger partial charge in [0.15, 0.2) is 0 Å². The quantitative estimate of drug-likeness (QED) is 0.316. The minimum atomic E-state index is -1.19. The summed E-state index contributed by atoms with van der Waals surface area (Å²) in [5.74, 6) is 0.304. The second kappa shape index (κ2) is 10.3. The first kappa shape index (κ1) is 24.8. The smallest absolute Gasteiger partial charge is 0.255 e. The van der Waals surface area contributed by atoms with E-state index < -0.39 is 5.67 Å². The Bertz CT molecular complexity index is 1430. The molecule has 0 aromatic carbocycles. The summed E-state index contributed by atoms with van der Waals surface area (Å²) in [4.78, 5) is 25.4. The summed E-state index contributed by atoms with van der Waals surface area (Å²) >= 11 is 0. The molecule has 1 amide bonds. The molecule has 2 saturated carbocycles. The second-order valence-corrected chi connectivity index (χ2v) is 10.7. The van der Waals surface area contributed by atoms with Crippen LogP contribution in [-0.2, 0) is 4.74 Å². The van der Waals surface area contributed by atoms with Gasteiger partial charge in [-0.25, -0.2) is 13.9 Å². The van der Waals surface area contributed by atoms with Crippen LogP contribution >= 0.6 is 0 Å². The molecule has 0 radical (unpaired) electrons. The molecule has 0 unspecified atom stereocenters. The van der Waals surface area contributed by atoms with Crippen molar-refractivity contribution in [2.75, 3.05) is 19.0 Å². The highest BCUT2D eigenvalue weighted by molar-refractivity contribution is 6.02. The fraction of sp³-hybridized carbons (Fsp3) is 0.500. The average Bonchev–Trinajstić information content (AvgIpc) is 3.56. The van der Waals surface area contributed by atoms with Gasteiger partial charge < -0.3 is 20.4 Å². The topological polar surface area (TPSA) is 109 Å². The highest BCUT2D eigenvalue weighted by atomic mass is 19.1. The first-order valence-corrected chi connectivity index (χ1v) is 13.6. The van der Waals surface area contributed by atoms with E-state index in [0.29, 0.717) is 30.0 Å². The van der Waals surface area contributed by atoms with E-state index in [1.54, 1.807) is 24.0 Å². The van der Waals surface area contributed by atoms with Crippen molar-refractivity contribution < 1.29 is 13.9 Å². The van der Waals surface area contributed by atoms with Crippen LogP contribution in [0.2, 0.25) is 0 Å². The Morgan fingerprint density at radius 1 is 1.21 bits per heavy atom. The summed E-state index contributed by atoms with van der Waals surface area (Å²) < 4.78 is 22.1. The van der Waals surface area contributed by atoms with E-state index in [1.165, 1.54) is 0 Å². The monoisotopic (exact) mass is 519 g/mol. The summed E-state index contributed by atoms with van der Waals surface area (Å²) in [5.41, 5.74) is 2.62. The number of rotatable bonds is 7. The predicted molar refractivity (Wildman–Crippen MR) is 144 cm³/mol. The third kappa shape index (κ3) is 4.97. The molecule has 38 heavy (non-hydrogen) atoms. The number of aromatic amines is 1. The molecule has 6 rings (SSSR count). The highest BCUT2D eigenvalue weighted by Gasteiger charge is 2.31. The van der Waals surface area contributed by atoms with Crippen LogP contribution in [0.1, 0.15) is 68.1 Å².